The first kappa shape index (κ1) is 21.8. The zero-order valence-corrected chi connectivity index (χ0v) is 18.6. The number of ether oxygens (including phenoxy) is 1. The second-order valence-electron chi connectivity index (χ2n) is 7.10. The summed E-state index contributed by atoms with van der Waals surface area (Å²) in [7, 11) is -3.54. The Balaban J connectivity index is 1.35. The molecule has 0 atom stereocenters. The third kappa shape index (κ3) is 5.07. The van der Waals surface area contributed by atoms with Crippen molar-refractivity contribution in [2.45, 2.75) is 18.4 Å². The lowest BCUT2D eigenvalue weighted by Crippen LogP contribution is -2.48. The van der Waals surface area contributed by atoms with Crippen molar-refractivity contribution in [3.8, 4) is 17.1 Å². The summed E-state index contributed by atoms with van der Waals surface area (Å²) >= 11 is 5.91. The second-order valence-corrected chi connectivity index (χ2v) is 9.48. The molecule has 0 saturated carbocycles. The third-order valence-corrected chi connectivity index (χ3v) is 7.20. The van der Waals surface area contributed by atoms with E-state index in [9.17, 15) is 8.42 Å². The highest BCUT2D eigenvalue weighted by Crippen LogP contribution is 2.22. The Morgan fingerprint density at radius 1 is 1.03 bits per heavy atom. The van der Waals surface area contributed by atoms with Crippen molar-refractivity contribution in [1.29, 1.82) is 0 Å². The third-order valence-electron chi connectivity index (χ3n) is 5.03. The van der Waals surface area contributed by atoms with Gasteiger partial charge in [-0.25, -0.2) is 8.42 Å². The zero-order valence-electron chi connectivity index (χ0n) is 17.1. The molecule has 1 aromatic heterocycles. The van der Waals surface area contributed by atoms with Gasteiger partial charge in [0.1, 0.15) is 5.75 Å². The maximum Gasteiger partial charge on any atom is 0.243 e. The van der Waals surface area contributed by atoms with E-state index in [1.807, 2.05) is 19.1 Å². The first-order valence-electron chi connectivity index (χ1n) is 9.99. The van der Waals surface area contributed by atoms with Crippen LogP contribution in [0.15, 0.2) is 57.9 Å². The minimum absolute atomic E-state index is 0.272. The maximum absolute atomic E-state index is 12.9. The van der Waals surface area contributed by atoms with Gasteiger partial charge in [-0.05, 0) is 55.5 Å². The molecule has 0 amide bonds. The summed E-state index contributed by atoms with van der Waals surface area (Å²) in [6.45, 7) is 4.84. The fraction of sp³-hybridized carbons (Fsp3) is 0.333. The van der Waals surface area contributed by atoms with Gasteiger partial charge >= 0.3 is 0 Å². The van der Waals surface area contributed by atoms with Crippen LogP contribution in [-0.2, 0) is 16.6 Å². The quantitative estimate of drug-likeness (QED) is 0.532. The molecule has 4 rings (SSSR count). The normalized spacial score (nSPS) is 15.8. The van der Waals surface area contributed by atoms with Crippen LogP contribution in [0.1, 0.15) is 12.8 Å². The van der Waals surface area contributed by atoms with Gasteiger partial charge in [-0.2, -0.15) is 9.29 Å². The highest BCUT2D eigenvalue weighted by molar-refractivity contribution is 7.89. The van der Waals surface area contributed by atoms with Gasteiger partial charge in [-0.1, -0.05) is 16.8 Å². The Labute approximate surface area is 186 Å². The molecule has 1 aliphatic rings. The Hall–Kier alpha value is -2.46. The maximum atomic E-state index is 12.9. The van der Waals surface area contributed by atoms with E-state index < -0.39 is 10.0 Å². The molecule has 0 unspecified atom stereocenters. The molecule has 31 heavy (non-hydrogen) atoms. The van der Waals surface area contributed by atoms with Crippen molar-refractivity contribution >= 4 is 21.6 Å². The van der Waals surface area contributed by atoms with E-state index in [1.165, 1.54) is 4.31 Å². The highest BCUT2D eigenvalue weighted by atomic mass is 35.5. The summed E-state index contributed by atoms with van der Waals surface area (Å²) in [6, 6.07) is 13.8. The van der Waals surface area contributed by atoms with E-state index in [-0.39, 0.29) is 4.90 Å². The van der Waals surface area contributed by atoms with Gasteiger partial charge in [0.2, 0.25) is 21.7 Å². The van der Waals surface area contributed by atoms with Gasteiger partial charge in [0.15, 0.2) is 0 Å². The van der Waals surface area contributed by atoms with E-state index in [0.29, 0.717) is 61.8 Å². The molecule has 0 radical (unpaired) electrons. The number of benzene rings is 2. The molecule has 0 spiro atoms. The van der Waals surface area contributed by atoms with Gasteiger partial charge in [0.25, 0.3) is 0 Å². The molecule has 1 saturated heterocycles. The van der Waals surface area contributed by atoms with Crippen LogP contribution in [0.25, 0.3) is 11.4 Å². The molecule has 164 valence electrons. The number of hydrogen-bond donors (Lipinski definition) is 0. The van der Waals surface area contributed by atoms with E-state index in [0.717, 1.165) is 5.56 Å². The lowest BCUT2D eigenvalue weighted by atomic mass is 10.2. The molecular formula is C21H23ClN4O4S. The Kier molecular flexibility index (Phi) is 6.57. The molecule has 8 nitrogen and oxygen atoms in total. The first-order chi connectivity index (χ1) is 15.0. The molecule has 0 aliphatic carbocycles. The first-order valence-corrected chi connectivity index (χ1v) is 11.8. The monoisotopic (exact) mass is 462 g/mol. The fourth-order valence-electron chi connectivity index (χ4n) is 3.38. The predicted octanol–water partition coefficient (Wildman–Crippen LogP) is 3.30. The average molecular weight is 463 g/mol. The largest absolute Gasteiger partial charge is 0.494 e. The zero-order chi connectivity index (χ0) is 21.8. The molecule has 2 heterocycles. The molecular weight excluding hydrogens is 440 g/mol. The van der Waals surface area contributed by atoms with Gasteiger partial charge in [-0.3, -0.25) is 4.90 Å². The van der Waals surface area contributed by atoms with Crippen molar-refractivity contribution < 1.29 is 17.7 Å². The minimum Gasteiger partial charge on any atom is -0.494 e. The van der Waals surface area contributed by atoms with Crippen LogP contribution in [0, 0.1) is 0 Å². The minimum atomic E-state index is -3.54. The molecule has 10 heteroatoms. The Morgan fingerprint density at radius 3 is 2.35 bits per heavy atom. The summed E-state index contributed by atoms with van der Waals surface area (Å²) in [5, 5.41) is 4.67. The molecule has 3 aromatic rings. The molecule has 0 bridgehead atoms. The Bertz CT molecular complexity index is 1110. The van der Waals surface area contributed by atoms with Gasteiger partial charge in [0, 0.05) is 36.8 Å². The smallest absolute Gasteiger partial charge is 0.243 e. The number of piperazine rings is 1. The van der Waals surface area contributed by atoms with Crippen LogP contribution in [0.5, 0.6) is 5.75 Å². The number of aromatic nitrogens is 2. The lowest BCUT2D eigenvalue weighted by Gasteiger charge is -2.33. The second kappa shape index (κ2) is 9.35. The number of halogens is 1. The van der Waals surface area contributed by atoms with E-state index in [1.54, 1.807) is 36.4 Å². The van der Waals surface area contributed by atoms with Gasteiger partial charge < -0.3 is 9.26 Å². The SMILES string of the molecule is CCOc1ccc(S(=O)(=O)N2CCN(Cc3nc(-c4ccc(Cl)cc4)no3)CC2)cc1. The lowest BCUT2D eigenvalue weighted by molar-refractivity contribution is 0.163. The van der Waals surface area contributed by atoms with Crippen LogP contribution in [0.4, 0.5) is 0 Å². The molecule has 1 aliphatic heterocycles. The summed E-state index contributed by atoms with van der Waals surface area (Å²) in [5.74, 6) is 1.65. The van der Waals surface area contributed by atoms with Crippen molar-refractivity contribution in [3.05, 3.63) is 59.4 Å². The summed E-state index contributed by atoms with van der Waals surface area (Å²) in [4.78, 5) is 6.81. The molecule has 1 fully saturated rings. The number of hydrogen-bond acceptors (Lipinski definition) is 7. The highest BCUT2D eigenvalue weighted by Gasteiger charge is 2.29. The van der Waals surface area contributed by atoms with Crippen LogP contribution < -0.4 is 4.74 Å². The number of rotatable bonds is 7. The van der Waals surface area contributed by atoms with Crippen LogP contribution in [0.2, 0.25) is 5.02 Å². The standard InChI is InChI=1S/C21H23ClN4O4S/c1-2-29-18-7-9-19(10-8-18)31(27,28)26-13-11-25(12-14-26)15-20-23-21(24-30-20)16-3-5-17(22)6-4-16/h3-10H,2,11-15H2,1H3. The summed E-state index contributed by atoms with van der Waals surface area (Å²) in [6.07, 6.45) is 0. The van der Waals surface area contributed by atoms with Crippen LogP contribution >= 0.6 is 11.6 Å². The summed E-state index contributed by atoms with van der Waals surface area (Å²) < 4.78 is 38.1. The number of nitrogens with zero attached hydrogens (tertiary/aromatic N) is 4. The fourth-order valence-corrected chi connectivity index (χ4v) is 4.93. The predicted molar refractivity (Wildman–Crippen MR) is 116 cm³/mol. The van der Waals surface area contributed by atoms with E-state index in [4.69, 9.17) is 20.9 Å². The van der Waals surface area contributed by atoms with Gasteiger partial charge in [-0.15, -0.1) is 0 Å². The van der Waals surface area contributed by atoms with Crippen LogP contribution in [0.3, 0.4) is 0 Å². The van der Waals surface area contributed by atoms with E-state index in [2.05, 4.69) is 15.0 Å². The molecule has 2 aromatic carbocycles. The van der Waals surface area contributed by atoms with Crippen molar-refractivity contribution in [2.75, 3.05) is 32.8 Å². The van der Waals surface area contributed by atoms with E-state index >= 15 is 0 Å². The molecule has 0 N–H and O–H groups in total. The van der Waals surface area contributed by atoms with Crippen molar-refractivity contribution in [2.24, 2.45) is 0 Å². The van der Waals surface area contributed by atoms with Crippen molar-refractivity contribution in [3.63, 3.8) is 0 Å². The number of sulfonamides is 1. The average Bonchev–Trinajstić information content (AvgIpc) is 3.24. The summed E-state index contributed by atoms with van der Waals surface area (Å²) in [5.41, 5.74) is 0.825. The van der Waals surface area contributed by atoms with Crippen molar-refractivity contribution in [1.82, 2.24) is 19.3 Å². The Morgan fingerprint density at radius 2 is 1.71 bits per heavy atom. The van der Waals surface area contributed by atoms with Gasteiger partial charge in [0.05, 0.1) is 18.0 Å². The van der Waals surface area contributed by atoms with Crippen LogP contribution in [-0.4, -0.2) is 60.5 Å². The topological polar surface area (TPSA) is 88.8 Å².